The van der Waals surface area contributed by atoms with E-state index in [-0.39, 0.29) is 24.3 Å². The highest BCUT2D eigenvalue weighted by atomic mass is 16.5. The van der Waals surface area contributed by atoms with E-state index in [1.807, 2.05) is 39.0 Å². The van der Waals surface area contributed by atoms with Crippen molar-refractivity contribution in [3.63, 3.8) is 0 Å². The molecule has 1 aliphatic heterocycles. The van der Waals surface area contributed by atoms with Crippen LogP contribution >= 0.6 is 0 Å². The van der Waals surface area contributed by atoms with Gasteiger partial charge >= 0.3 is 0 Å². The Morgan fingerprint density at radius 2 is 1.62 bits per heavy atom. The Hall–Kier alpha value is -3.93. The molecule has 3 aromatic carbocycles. The number of anilines is 1. The van der Waals surface area contributed by atoms with Gasteiger partial charge in [0.1, 0.15) is 5.75 Å². The van der Waals surface area contributed by atoms with Gasteiger partial charge in [0.25, 0.3) is 17.7 Å². The molecule has 0 atom stereocenters. The number of nitrogens with zero attached hydrogens (tertiary/aromatic N) is 1. The van der Waals surface area contributed by atoms with E-state index in [9.17, 15) is 14.4 Å². The highest BCUT2D eigenvalue weighted by Crippen LogP contribution is 2.27. The summed E-state index contributed by atoms with van der Waals surface area (Å²) < 4.78 is 5.66. The molecule has 0 saturated carbocycles. The van der Waals surface area contributed by atoms with Crippen molar-refractivity contribution in [3.8, 4) is 5.75 Å². The maximum Gasteiger partial charge on any atom is 0.261 e. The van der Waals surface area contributed by atoms with Gasteiger partial charge in [-0.15, -0.1) is 0 Å². The minimum Gasteiger partial charge on any atom is -0.493 e. The molecule has 162 valence electrons. The van der Waals surface area contributed by atoms with Crippen LogP contribution in [0.25, 0.3) is 0 Å². The van der Waals surface area contributed by atoms with Crippen molar-refractivity contribution in [2.45, 2.75) is 27.3 Å². The average Bonchev–Trinajstić information content (AvgIpc) is 3.03. The number of carbonyl (C=O) groups is 3. The van der Waals surface area contributed by atoms with E-state index in [4.69, 9.17) is 4.74 Å². The minimum atomic E-state index is -0.333. The quantitative estimate of drug-likeness (QED) is 0.575. The number of aryl methyl sites for hydroxylation is 1. The predicted octanol–water partition coefficient (Wildman–Crippen LogP) is 4.75. The van der Waals surface area contributed by atoms with Crippen LogP contribution in [0.3, 0.4) is 0 Å². The Bertz CT molecular complexity index is 1200. The van der Waals surface area contributed by atoms with Crippen LogP contribution in [-0.2, 0) is 6.54 Å². The van der Waals surface area contributed by atoms with Gasteiger partial charge in [0, 0.05) is 5.69 Å². The van der Waals surface area contributed by atoms with Crippen LogP contribution in [0.15, 0.2) is 60.7 Å². The van der Waals surface area contributed by atoms with E-state index in [2.05, 4.69) is 5.32 Å². The molecule has 0 radical (unpaired) electrons. The number of hydrogen-bond donors (Lipinski definition) is 1. The first-order chi connectivity index (χ1) is 15.4. The predicted molar refractivity (Wildman–Crippen MR) is 122 cm³/mol. The molecule has 32 heavy (non-hydrogen) atoms. The van der Waals surface area contributed by atoms with Crippen molar-refractivity contribution in [1.82, 2.24) is 4.90 Å². The summed E-state index contributed by atoms with van der Waals surface area (Å²) >= 11 is 0. The SMILES string of the molecule is CCOc1ccc(CN2C(=O)c3ccccc3C2=O)cc1C(=O)Nc1cccc(C)c1C. The Morgan fingerprint density at radius 3 is 2.28 bits per heavy atom. The van der Waals surface area contributed by atoms with E-state index in [1.54, 1.807) is 42.5 Å². The van der Waals surface area contributed by atoms with E-state index in [0.717, 1.165) is 16.8 Å². The average molecular weight is 428 g/mol. The normalized spacial score (nSPS) is 12.7. The molecule has 0 unspecified atom stereocenters. The molecule has 0 fully saturated rings. The molecule has 0 aliphatic carbocycles. The van der Waals surface area contributed by atoms with E-state index >= 15 is 0 Å². The largest absolute Gasteiger partial charge is 0.493 e. The van der Waals surface area contributed by atoms with Crippen LogP contribution in [-0.4, -0.2) is 29.2 Å². The van der Waals surface area contributed by atoms with Crippen molar-refractivity contribution >= 4 is 23.4 Å². The van der Waals surface area contributed by atoms with E-state index in [0.29, 0.717) is 34.6 Å². The second-order valence-electron chi connectivity index (χ2n) is 7.71. The molecule has 6 nitrogen and oxygen atoms in total. The maximum atomic E-state index is 13.1. The van der Waals surface area contributed by atoms with Crippen molar-refractivity contribution in [1.29, 1.82) is 0 Å². The lowest BCUT2D eigenvalue weighted by atomic mass is 10.1. The lowest BCUT2D eigenvalue weighted by Gasteiger charge is -2.17. The number of amides is 3. The summed E-state index contributed by atoms with van der Waals surface area (Å²) in [4.78, 5) is 39.8. The van der Waals surface area contributed by atoms with Gasteiger partial charge in [-0.1, -0.05) is 30.3 Å². The number of imide groups is 1. The van der Waals surface area contributed by atoms with Gasteiger partial charge in [0.15, 0.2) is 0 Å². The third-order valence-corrected chi connectivity index (χ3v) is 5.66. The Balaban J connectivity index is 1.62. The number of carbonyl (C=O) groups excluding carboxylic acids is 3. The summed E-state index contributed by atoms with van der Waals surface area (Å²) in [5, 5.41) is 2.95. The lowest BCUT2D eigenvalue weighted by Crippen LogP contribution is -2.29. The Kier molecular flexibility index (Phi) is 5.77. The number of rotatable bonds is 6. The van der Waals surface area contributed by atoms with Crippen molar-refractivity contribution in [2.24, 2.45) is 0 Å². The first-order valence-corrected chi connectivity index (χ1v) is 10.5. The maximum absolute atomic E-state index is 13.1. The summed E-state index contributed by atoms with van der Waals surface area (Å²) in [5.41, 5.74) is 4.60. The zero-order valence-electron chi connectivity index (χ0n) is 18.3. The molecule has 0 aromatic heterocycles. The molecule has 1 N–H and O–H groups in total. The number of hydrogen-bond acceptors (Lipinski definition) is 4. The molecule has 3 amide bonds. The molecule has 0 saturated heterocycles. The van der Waals surface area contributed by atoms with Crippen LogP contribution in [0.5, 0.6) is 5.75 Å². The van der Waals surface area contributed by atoms with Crippen LogP contribution in [0.2, 0.25) is 0 Å². The highest BCUT2D eigenvalue weighted by molar-refractivity contribution is 6.21. The number of nitrogens with one attached hydrogen (secondary N) is 1. The van der Waals surface area contributed by atoms with Crippen LogP contribution < -0.4 is 10.1 Å². The van der Waals surface area contributed by atoms with Gasteiger partial charge in [0.2, 0.25) is 0 Å². The molecule has 6 heteroatoms. The monoisotopic (exact) mass is 428 g/mol. The van der Waals surface area contributed by atoms with Gasteiger partial charge in [-0.05, 0) is 67.8 Å². The highest BCUT2D eigenvalue weighted by Gasteiger charge is 2.35. The topological polar surface area (TPSA) is 75.7 Å². The second-order valence-corrected chi connectivity index (χ2v) is 7.71. The van der Waals surface area contributed by atoms with Gasteiger partial charge < -0.3 is 10.1 Å². The zero-order chi connectivity index (χ0) is 22.8. The number of ether oxygens (including phenoxy) is 1. The standard InChI is InChI=1S/C26H24N2O4/c1-4-32-23-13-12-18(15-28-25(30)19-9-5-6-10-20(19)26(28)31)14-21(23)24(29)27-22-11-7-8-16(2)17(22)3/h5-14H,4,15H2,1-3H3,(H,27,29). The minimum absolute atomic E-state index is 0.0719. The van der Waals surface area contributed by atoms with Crippen molar-refractivity contribution < 1.29 is 19.1 Å². The van der Waals surface area contributed by atoms with Crippen LogP contribution in [0, 0.1) is 13.8 Å². The summed E-state index contributed by atoms with van der Waals surface area (Å²) in [7, 11) is 0. The molecular formula is C26H24N2O4. The number of fused-ring (bicyclic) bond motifs is 1. The molecule has 1 aliphatic rings. The zero-order valence-corrected chi connectivity index (χ0v) is 18.3. The summed E-state index contributed by atoms with van der Waals surface area (Å²) in [6.07, 6.45) is 0. The third-order valence-electron chi connectivity index (χ3n) is 5.66. The molecular weight excluding hydrogens is 404 g/mol. The van der Waals surface area contributed by atoms with Crippen molar-refractivity contribution in [3.05, 3.63) is 94.0 Å². The van der Waals surface area contributed by atoms with Crippen LogP contribution in [0.4, 0.5) is 5.69 Å². The van der Waals surface area contributed by atoms with Gasteiger partial charge in [-0.3, -0.25) is 19.3 Å². The lowest BCUT2D eigenvalue weighted by molar-refractivity contribution is 0.0642. The summed E-state index contributed by atoms with van der Waals surface area (Å²) in [6.45, 7) is 6.26. The molecule has 4 rings (SSSR count). The first-order valence-electron chi connectivity index (χ1n) is 10.5. The smallest absolute Gasteiger partial charge is 0.261 e. The molecule has 3 aromatic rings. The Morgan fingerprint density at radius 1 is 0.938 bits per heavy atom. The molecule has 0 spiro atoms. The number of benzene rings is 3. The van der Waals surface area contributed by atoms with E-state index in [1.165, 1.54) is 4.90 Å². The van der Waals surface area contributed by atoms with Crippen LogP contribution in [0.1, 0.15) is 54.7 Å². The summed E-state index contributed by atoms with van der Waals surface area (Å²) in [5.74, 6) is -0.533. The Labute approximate surface area is 186 Å². The fourth-order valence-corrected chi connectivity index (χ4v) is 3.78. The fourth-order valence-electron chi connectivity index (χ4n) is 3.78. The molecule has 1 heterocycles. The first kappa shape index (κ1) is 21.3. The van der Waals surface area contributed by atoms with E-state index < -0.39 is 0 Å². The fraction of sp³-hybridized carbons (Fsp3) is 0.192. The molecule has 0 bridgehead atoms. The second kappa shape index (κ2) is 8.67. The van der Waals surface area contributed by atoms with Gasteiger partial charge in [0.05, 0.1) is 29.8 Å². The van der Waals surface area contributed by atoms with Gasteiger partial charge in [-0.25, -0.2) is 0 Å². The third kappa shape index (κ3) is 3.87. The van der Waals surface area contributed by atoms with Crippen molar-refractivity contribution in [2.75, 3.05) is 11.9 Å². The summed E-state index contributed by atoms with van der Waals surface area (Å²) in [6, 6.07) is 17.6. The van der Waals surface area contributed by atoms with Gasteiger partial charge in [-0.2, -0.15) is 0 Å².